The van der Waals surface area contributed by atoms with Gasteiger partial charge in [0.2, 0.25) is 0 Å². The van der Waals surface area contributed by atoms with E-state index >= 15 is 0 Å². The summed E-state index contributed by atoms with van der Waals surface area (Å²) in [5, 5.41) is 11.7. The molecule has 0 saturated carbocycles. The van der Waals surface area contributed by atoms with E-state index in [9.17, 15) is 4.79 Å². The van der Waals surface area contributed by atoms with Crippen LogP contribution in [0.2, 0.25) is 0 Å². The van der Waals surface area contributed by atoms with Gasteiger partial charge in [-0.25, -0.2) is 4.79 Å². The molecule has 0 fully saturated rings. The summed E-state index contributed by atoms with van der Waals surface area (Å²) in [6.07, 6.45) is 2.30. The summed E-state index contributed by atoms with van der Waals surface area (Å²) in [4.78, 5) is 11.7. The first kappa shape index (κ1) is 15.8. The minimum atomic E-state index is -0.530. The van der Waals surface area contributed by atoms with E-state index < -0.39 is 11.7 Å². The van der Waals surface area contributed by atoms with Gasteiger partial charge in [0.05, 0.1) is 0 Å². The molecule has 0 aliphatic carbocycles. The van der Waals surface area contributed by atoms with Gasteiger partial charge in [-0.15, -0.1) is 22.0 Å². The number of carbonyl (C=O) groups is 1. The van der Waals surface area contributed by atoms with Crippen LogP contribution in [0.25, 0.3) is 0 Å². The largest absolute Gasteiger partial charge is 0.444 e. The molecule has 0 atom stereocenters. The zero-order chi connectivity index (χ0) is 14.6. The molecule has 5 nitrogen and oxygen atoms in total. The van der Waals surface area contributed by atoms with Crippen LogP contribution in [-0.2, 0) is 11.2 Å². The first-order chi connectivity index (χ1) is 8.78. The number of aromatic nitrogens is 2. The van der Waals surface area contributed by atoms with Gasteiger partial charge in [-0.3, -0.25) is 5.32 Å². The third-order valence-electron chi connectivity index (χ3n) is 2.47. The van der Waals surface area contributed by atoms with E-state index in [1.54, 1.807) is 11.8 Å². The summed E-state index contributed by atoms with van der Waals surface area (Å²) < 4.78 is 5.20. The van der Waals surface area contributed by atoms with Crippen molar-refractivity contribution in [2.45, 2.75) is 51.7 Å². The van der Waals surface area contributed by atoms with Crippen molar-refractivity contribution in [3.8, 4) is 0 Å². The fourth-order valence-electron chi connectivity index (χ4n) is 1.63. The van der Waals surface area contributed by atoms with Crippen LogP contribution in [0, 0.1) is 6.92 Å². The Morgan fingerprint density at radius 3 is 2.47 bits per heavy atom. The van der Waals surface area contributed by atoms with Crippen molar-refractivity contribution >= 4 is 23.7 Å². The monoisotopic (exact) mass is 283 g/mol. The number of hydrogen-bond donors (Lipinski definition) is 1. The lowest BCUT2D eigenvalue weighted by Crippen LogP contribution is -2.28. The highest BCUT2D eigenvalue weighted by Gasteiger charge is 2.19. The van der Waals surface area contributed by atoms with E-state index in [1.165, 1.54) is 0 Å². The number of anilines is 1. The zero-order valence-corrected chi connectivity index (χ0v) is 13.1. The molecule has 0 radical (unpaired) electrons. The van der Waals surface area contributed by atoms with Crippen LogP contribution in [0.1, 0.15) is 38.8 Å². The second-order valence-electron chi connectivity index (χ2n) is 5.14. The minimum Gasteiger partial charge on any atom is -0.444 e. The Balaban J connectivity index is 2.94. The Hall–Kier alpha value is -1.30. The van der Waals surface area contributed by atoms with Crippen molar-refractivity contribution in [2.75, 3.05) is 11.6 Å². The first-order valence-electron chi connectivity index (χ1n) is 6.18. The highest BCUT2D eigenvalue weighted by Crippen LogP contribution is 2.25. The molecule has 0 unspecified atom stereocenters. The molecule has 1 aromatic heterocycles. The maximum absolute atomic E-state index is 11.7. The molecule has 106 valence electrons. The lowest BCUT2D eigenvalue weighted by atomic mass is 10.1. The van der Waals surface area contributed by atoms with Gasteiger partial charge in [-0.05, 0) is 51.5 Å². The van der Waals surface area contributed by atoms with Crippen LogP contribution in [0.3, 0.4) is 0 Å². The molecule has 0 spiro atoms. The average molecular weight is 283 g/mol. The van der Waals surface area contributed by atoms with Crippen molar-refractivity contribution in [1.82, 2.24) is 10.2 Å². The number of thioether (sulfide) groups is 1. The molecule has 1 N–H and O–H groups in total. The number of hydrogen-bond acceptors (Lipinski definition) is 5. The minimum absolute atomic E-state index is 0.462. The van der Waals surface area contributed by atoms with E-state index in [2.05, 4.69) is 22.4 Å². The van der Waals surface area contributed by atoms with E-state index in [0.717, 1.165) is 22.6 Å². The lowest BCUT2D eigenvalue weighted by molar-refractivity contribution is 0.0635. The quantitative estimate of drug-likeness (QED) is 0.861. The Morgan fingerprint density at radius 2 is 2.00 bits per heavy atom. The Labute approximate surface area is 118 Å². The molecule has 1 heterocycles. The maximum Gasteiger partial charge on any atom is 0.413 e. The zero-order valence-electron chi connectivity index (χ0n) is 12.3. The van der Waals surface area contributed by atoms with Gasteiger partial charge in [0, 0.05) is 0 Å². The smallest absolute Gasteiger partial charge is 0.413 e. The van der Waals surface area contributed by atoms with Crippen LogP contribution in [0.4, 0.5) is 10.6 Å². The molecule has 0 aromatic carbocycles. The second-order valence-corrected chi connectivity index (χ2v) is 5.94. The summed E-state index contributed by atoms with van der Waals surface area (Å²) in [6.45, 7) is 9.44. The predicted octanol–water partition coefficient (Wildman–Crippen LogP) is 3.42. The Morgan fingerprint density at radius 1 is 1.37 bits per heavy atom. The summed E-state index contributed by atoms with van der Waals surface area (Å²) in [5.41, 5.74) is 1.51. The van der Waals surface area contributed by atoms with Crippen molar-refractivity contribution in [3.63, 3.8) is 0 Å². The average Bonchev–Trinajstić information content (AvgIpc) is 2.29. The molecule has 0 aliphatic rings. The third-order valence-corrected chi connectivity index (χ3v) is 3.19. The summed E-state index contributed by atoms with van der Waals surface area (Å²) in [7, 11) is 0. The number of carbonyl (C=O) groups excluding carboxylic acids is 1. The molecule has 19 heavy (non-hydrogen) atoms. The van der Waals surface area contributed by atoms with Crippen LogP contribution in [0.15, 0.2) is 5.03 Å². The Kier molecular flexibility index (Phi) is 5.17. The summed E-state index contributed by atoms with van der Waals surface area (Å²) >= 11 is 1.55. The van der Waals surface area contributed by atoms with E-state index in [1.807, 2.05) is 34.0 Å². The van der Waals surface area contributed by atoms with Gasteiger partial charge in [0.1, 0.15) is 10.6 Å². The Bertz CT molecular complexity index is 470. The van der Waals surface area contributed by atoms with Gasteiger partial charge in [0.15, 0.2) is 5.82 Å². The molecule has 1 rings (SSSR count). The maximum atomic E-state index is 11.7. The molecule has 0 bridgehead atoms. The summed E-state index contributed by atoms with van der Waals surface area (Å²) in [6, 6.07) is 0. The molecule has 0 saturated heterocycles. The van der Waals surface area contributed by atoms with E-state index in [-0.39, 0.29) is 0 Å². The molecule has 6 heteroatoms. The van der Waals surface area contributed by atoms with Crippen molar-refractivity contribution in [2.24, 2.45) is 0 Å². The topological polar surface area (TPSA) is 64.1 Å². The molecule has 0 aliphatic heterocycles. The molecular formula is C13H21N3O2S. The van der Waals surface area contributed by atoms with Gasteiger partial charge < -0.3 is 4.74 Å². The number of rotatable bonds is 3. The van der Waals surface area contributed by atoms with Crippen LogP contribution >= 0.6 is 11.8 Å². The second kappa shape index (κ2) is 6.23. The van der Waals surface area contributed by atoms with Crippen molar-refractivity contribution in [1.29, 1.82) is 0 Å². The third kappa shape index (κ3) is 4.38. The van der Waals surface area contributed by atoms with Crippen LogP contribution < -0.4 is 5.32 Å². The lowest BCUT2D eigenvalue weighted by Gasteiger charge is -2.20. The standard InChI is InChI=1S/C13H21N3O2S/c1-7-9-8(2)10(15-16-11(9)19-6)14-12(17)18-13(3,4)5/h7H2,1-6H3,(H,14,15,17). The number of amides is 1. The van der Waals surface area contributed by atoms with E-state index in [0.29, 0.717) is 5.82 Å². The summed E-state index contributed by atoms with van der Waals surface area (Å²) in [5.74, 6) is 0.462. The molecule has 1 aromatic rings. The fraction of sp³-hybridized carbons (Fsp3) is 0.615. The molecule has 1 amide bonds. The normalized spacial score (nSPS) is 11.3. The van der Waals surface area contributed by atoms with Crippen LogP contribution in [-0.4, -0.2) is 28.1 Å². The number of ether oxygens (including phenoxy) is 1. The van der Waals surface area contributed by atoms with Gasteiger partial charge >= 0.3 is 6.09 Å². The highest BCUT2D eigenvalue weighted by atomic mass is 32.2. The first-order valence-corrected chi connectivity index (χ1v) is 7.41. The van der Waals surface area contributed by atoms with Gasteiger partial charge in [-0.1, -0.05) is 6.92 Å². The van der Waals surface area contributed by atoms with E-state index in [4.69, 9.17) is 4.74 Å². The SMILES string of the molecule is CCc1c(SC)nnc(NC(=O)OC(C)(C)C)c1C. The predicted molar refractivity (Wildman–Crippen MR) is 77.8 cm³/mol. The van der Waals surface area contributed by atoms with Gasteiger partial charge in [0.25, 0.3) is 0 Å². The van der Waals surface area contributed by atoms with Crippen LogP contribution in [0.5, 0.6) is 0 Å². The van der Waals surface area contributed by atoms with Gasteiger partial charge in [-0.2, -0.15) is 0 Å². The number of nitrogens with one attached hydrogen (secondary N) is 1. The van der Waals surface area contributed by atoms with Crippen molar-refractivity contribution in [3.05, 3.63) is 11.1 Å². The highest BCUT2D eigenvalue weighted by molar-refractivity contribution is 7.98. The fourth-order valence-corrected chi connectivity index (χ4v) is 2.30. The number of nitrogens with zero attached hydrogens (tertiary/aromatic N) is 2. The molecular weight excluding hydrogens is 262 g/mol. The van der Waals surface area contributed by atoms with Crippen molar-refractivity contribution < 1.29 is 9.53 Å².